The second kappa shape index (κ2) is 9.53. The summed E-state index contributed by atoms with van der Waals surface area (Å²) in [4.78, 5) is 17.5. The molecule has 0 radical (unpaired) electrons. The van der Waals surface area contributed by atoms with Crippen LogP contribution in [0.15, 0.2) is 66.2 Å². The van der Waals surface area contributed by atoms with Crippen LogP contribution in [0.25, 0.3) is 10.9 Å². The van der Waals surface area contributed by atoms with Crippen molar-refractivity contribution in [3.05, 3.63) is 66.6 Å². The minimum Gasteiger partial charge on any atom is -0.472 e. The molecule has 1 aromatic carbocycles. The first-order valence-electron chi connectivity index (χ1n) is 10.6. The highest BCUT2D eigenvalue weighted by atomic mass is 16.5. The number of fused-ring (bicyclic) bond motifs is 1. The molecule has 1 atom stereocenters. The van der Waals surface area contributed by atoms with Gasteiger partial charge in [-0.05, 0) is 29.8 Å². The monoisotopic (exact) mass is 443 g/mol. The van der Waals surface area contributed by atoms with Crippen LogP contribution in [0.5, 0.6) is 5.88 Å². The zero-order valence-corrected chi connectivity index (χ0v) is 17.8. The summed E-state index contributed by atoms with van der Waals surface area (Å²) in [6, 6.07) is 13.7. The zero-order chi connectivity index (χ0) is 22.5. The van der Waals surface area contributed by atoms with Gasteiger partial charge >= 0.3 is 0 Å². The Labute approximate surface area is 189 Å². The van der Waals surface area contributed by atoms with Crippen molar-refractivity contribution in [3.8, 4) is 5.88 Å². The van der Waals surface area contributed by atoms with Crippen LogP contribution in [0, 0.1) is 0 Å². The van der Waals surface area contributed by atoms with Crippen LogP contribution < -0.4 is 20.9 Å². The normalized spacial score (nSPS) is 15.3. The Bertz CT molecular complexity index is 1280. The molecule has 1 fully saturated rings. The molecule has 0 spiro atoms. The SMILES string of the molecule is [NH2+]=Nc1ncc(Nc2ccnc(O[C@@H]3CCOC3)c2)nc1NCc1ccc2ncccc2c1. The molecule has 0 saturated carbocycles. The van der Waals surface area contributed by atoms with Crippen LogP contribution in [-0.4, -0.2) is 39.3 Å². The summed E-state index contributed by atoms with van der Waals surface area (Å²) >= 11 is 0. The lowest BCUT2D eigenvalue weighted by atomic mass is 10.1. The van der Waals surface area contributed by atoms with E-state index in [0.29, 0.717) is 43.1 Å². The fraction of sp³-hybridized carbons (Fsp3) is 0.217. The molecule has 3 aromatic heterocycles. The molecular formula is C23H23N8O2+. The molecule has 0 amide bonds. The number of benzene rings is 1. The number of hydrogen-bond donors (Lipinski definition) is 3. The van der Waals surface area contributed by atoms with Crippen molar-refractivity contribution in [1.82, 2.24) is 19.9 Å². The van der Waals surface area contributed by atoms with E-state index < -0.39 is 0 Å². The number of nitrogens with two attached hydrogens (primary N) is 1. The summed E-state index contributed by atoms with van der Waals surface area (Å²) in [7, 11) is 0. The maximum atomic E-state index is 5.87. The topological polar surface area (TPSA) is 132 Å². The van der Waals surface area contributed by atoms with Crippen molar-refractivity contribution < 1.29 is 15.0 Å². The fourth-order valence-electron chi connectivity index (χ4n) is 3.55. The molecule has 0 aliphatic carbocycles. The van der Waals surface area contributed by atoms with E-state index >= 15 is 0 Å². The van der Waals surface area contributed by atoms with Crippen molar-refractivity contribution in [3.63, 3.8) is 0 Å². The zero-order valence-electron chi connectivity index (χ0n) is 17.8. The maximum absolute atomic E-state index is 5.87. The van der Waals surface area contributed by atoms with E-state index in [9.17, 15) is 0 Å². The summed E-state index contributed by atoms with van der Waals surface area (Å²) in [5.74, 6) is 1.86. The molecule has 1 aliphatic heterocycles. The van der Waals surface area contributed by atoms with Crippen molar-refractivity contribution in [2.24, 2.45) is 5.11 Å². The molecule has 0 bridgehead atoms. The molecule has 33 heavy (non-hydrogen) atoms. The smallest absolute Gasteiger partial charge is 0.261 e. The lowest BCUT2D eigenvalue weighted by Crippen LogP contribution is -2.22. The molecule has 4 heterocycles. The highest BCUT2D eigenvalue weighted by molar-refractivity contribution is 5.79. The van der Waals surface area contributed by atoms with Crippen molar-refractivity contribution in [2.45, 2.75) is 19.1 Å². The van der Waals surface area contributed by atoms with Gasteiger partial charge in [-0.2, -0.15) is 5.53 Å². The molecule has 4 N–H and O–H groups in total. The largest absolute Gasteiger partial charge is 0.472 e. The van der Waals surface area contributed by atoms with E-state index in [1.165, 1.54) is 0 Å². The van der Waals surface area contributed by atoms with Gasteiger partial charge in [-0.3, -0.25) is 4.98 Å². The standard InChI is InChI=1S/C23H22N8O2/c24-31-23-22(27-12-15-3-4-19-16(10-15)2-1-7-25-19)30-20(13-28-23)29-17-5-8-26-21(11-17)33-18-6-9-32-14-18/h1-5,7-8,10-11,13,18,24H,6,9,12,14H2,(H2,26,27,29,30)/p+1/t18-/m1/s1. The third-order valence-electron chi connectivity index (χ3n) is 5.19. The van der Waals surface area contributed by atoms with Crippen LogP contribution in [0.2, 0.25) is 0 Å². The Kier molecular flexibility index (Phi) is 5.98. The van der Waals surface area contributed by atoms with Gasteiger partial charge in [0.05, 0.1) is 24.9 Å². The van der Waals surface area contributed by atoms with Gasteiger partial charge in [-0.25, -0.2) is 15.0 Å². The van der Waals surface area contributed by atoms with E-state index in [-0.39, 0.29) is 6.10 Å². The third-order valence-corrected chi connectivity index (χ3v) is 5.19. The Hall–Kier alpha value is -4.18. The number of aromatic nitrogens is 4. The molecule has 4 aromatic rings. The predicted molar refractivity (Wildman–Crippen MR) is 122 cm³/mol. The Balaban J connectivity index is 1.30. The quantitative estimate of drug-likeness (QED) is 0.354. The molecule has 1 aliphatic rings. The number of anilines is 3. The second-order valence-corrected chi connectivity index (χ2v) is 7.55. The van der Waals surface area contributed by atoms with Gasteiger partial charge in [0.15, 0.2) is 11.6 Å². The van der Waals surface area contributed by atoms with Crippen LogP contribution >= 0.6 is 0 Å². The van der Waals surface area contributed by atoms with E-state index in [1.807, 2.05) is 36.4 Å². The predicted octanol–water partition coefficient (Wildman–Crippen LogP) is 2.79. The fourth-order valence-corrected chi connectivity index (χ4v) is 3.55. The summed E-state index contributed by atoms with van der Waals surface area (Å²) in [6.45, 7) is 1.82. The number of hydrogen-bond acceptors (Lipinski definition) is 9. The molecule has 10 heteroatoms. The lowest BCUT2D eigenvalue weighted by molar-refractivity contribution is -0.210. The first-order valence-corrected chi connectivity index (χ1v) is 10.6. The highest BCUT2D eigenvalue weighted by Gasteiger charge is 2.18. The van der Waals surface area contributed by atoms with Gasteiger partial charge in [0.2, 0.25) is 5.88 Å². The van der Waals surface area contributed by atoms with Crippen molar-refractivity contribution >= 4 is 34.0 Å². The minimum atomic E-state index is 0.0275. The van der Waals surface area contributed by atoms with E-state index in [0.717, 1.165) is 28.6 Å². The summed E-state index contributed by atoms with van der Waals surface area (Å²) in [6.07, 6.45) is 5.92. The first-order chi connectivity index (χ1) is 16.3. The van der Waals surface area contributed by atoms with Gasteiger partial charge in [0.25, 0.3) is 5.82 Å². The van der Waals surface area contributed by atoms with Gasteiger partial charge < -0.3 is 20.1 Å². The maximum Gasteiger partial charge on any atom is 0.261 e. The average Bonchev–Trinajstić information content (AvgIpc) is 3.36. The van der Waals surface area contributed by atoms with E-state index in [2.05, 4.69) is 41.8 Å². The number of nitrogens with zero attached hydrogens (tertiary/aromatic N) is 5. The molecule has 5 rings (SSSR count). The Morgan fingerprint density at radius 2 is 2.09 bits per heavy atom. The third kappa shape index (κ3) is 5.01. The van der Waals surface area contributed by atoms with Crippen LogP contribution in [0.1, 0.15) is 12.0 Å². The van der Waals surface area contributed by atoms with Crippen LogP contribution in [0.4, 0.5) is 23.1 Å². The average molecular weight is 443 g/mol. The molecule has 0 unspecified atom stereocenters. The van der Waals surface area contributed by atoms with Crippen molar-refractivity contribution in [2.75, 3.05) is 23.8 Å². The Morgan fingerprint density at radius 3 is 2.97 bits per heavy atom. The van der Waals surface area contributed by atoms with Gasteiger partial charge in [-0.1, -0.05) is 12.1 Å². The minimum absolute atomic E-state index is 0.0275. The van der Waals surface area contributed by atoms with Gasteiger partial charge in [0.1, 0.15) is 6.10 Å². The number of rotatable bonds is 8. The lowest BCUT2D eigenvalue weighted by Gasteiger charge is -2.13. The Morgan fingerprint density at radius 1 is 1.12 bits per heavy atom. The van der Waals surface area contributed by atoms with E-state index in [1.54, 1.807) is 18.6 Å². The van der Waals surface area contributed by atoms with Crippen molar-refractivity contribution in [1.29, 1.82) is 0 Å². The van der Waals surface area contributed by atoms with Crippen LogP contribution in [0.3, 0.4) is 0 Å². The highest BCUT2D eigenvalue weighted by Crippen LogP contribution is 2.25. The second-order valence-electron chi connectivity index (χ2n) is 7.55. The molecule has 1 saturated heterocycles. The number of nitrogens with one attached hydrogen (secondary N) is 2. The summed E-state index contributed by atoms with van der Waals surface area (Å²) in [5.41, 5.74) is 8.31. The van der Waals surface area contributed by atoms with Crippen LogP contribution in [-0.2, 0) is 11.3 Å². The van der Waals surface area contributed by atoms with Gasteiger partial charge in [-0.15, -0.1) is 0 Å². The van der Waals surface area contributed by atoms with Gasteiger partial charge in [0, 0.05) is 47.6 Å². The summed E-state index contributed by atoms with van der Waals surface area (Å²) in [5, 5.41) is 11.3. The molecule has 166 valence electrons. The molecule has 10 nitrogen and oxygen atoms in total. The molecular weight excluding hydrogens is 420 g/mol. The first kappa shape index (κ1) is 20.7. The number of pyridine rings is 2. The van der Waals surface area contributed by atoms with E-state index in [4.69, 9.17) is 15.0 Å². The summed E-state index contributed by atoms with van der Waals surface area (Å²) < 4.78 is 11.2. The number of ether oxygens (including phenoxy) is 2.